The normalized spacial score (nSPS) is 14.8. The highest BCUT2D eigenvalue weighted by Crippen LogP contribution is 2.36. The van der Waals surface area contributed by atoms with Crippen LogP contribution in [0.3, 0.4) is 0 Å². The van der Waals surface area contributed by atoms with E-state index in [1.807, 2.05) is 31.2 Å². The molecule has 2 aromatic rings. The van der Waals surface area contributed by atoms with Gasteiger partial charge in [-0.2, -0.15) is 12.6 Å². The van der Waals surface area contributed by atoms with Crippen LogP contribution >= 0.6 is 12.6 Å². The molecule has 9 heteroatoms. The van der Waals surface area contributed by atoms with Crippen LogP contribution in [-0.2, 0) is 14.3 Å². The molecule has 2 aromatic carbocycles. The molecule has 3 rings (SSSR count). The minimum Gasteiger partial charge on any atom is -0.497 e. The van der Waals surface area contributed by atoms with Gasteiger partial charge in [0.15, 0.2) is 0 Å². The maximum Gasteiger partial charge on any atom is 0.408 e. The average Bonchev–Trinajstić information content (AvgIpc) is 3.65. The highest BCUT2D eigenvalue weighted by Gasteiger charge is 2.44. The van der Waals surface area contributed by atoms with Crippen LogP contribution in [0.25, 0.3) is 0 Å². The van der Waals surface area contributed by atoms with Gasteiger partial charge in [0.05, 0.1) is 7.11 Å². The number of methoxy groups -OCH3 is 1. The van der Waals surface area contributed by atoms with Crippen LogP contribution in [0.2, 0.25) is 0 Å². The Bertz CT molecular complexity index is 1080. The lowest BCUT2D eigenvalue weighted by molar-refractivity contribution is -0.141. The summed E-state index contributed by atoms with van der Waals surface area (Å²) in [6.07, 6.45) is 0.839. The van der Waals surface area contributed by atoms with Crippen molar-refractivity contribution in [2.75, 3.05) is 18.2 Å². The van der Waals surface area contributed by atoms with Crippen molar-refractivity contribution in [3.8, 4) is 5.75 Å². The zero-order chi connectivity index (χ0) is 26.5. The molecular weight excluding hydrogens is 478 g/mol. The number of carbonyl (C=O) groups is 3. The largest absolute Gasteiger partial charge is 0.497 e. The fraction of sp³-hybridized carbons (Fsp3) is 0.444. The van der Waals surface area contributed by atoms with Gasteiger partial charge in [-0.3, -0.25) is 9.59 Å². The maximum atomic E-state index is 13.8. The number of aryl methyl sites for hydroxylation is 1. The van der Waals surface area contributed by atoms with Crippen molar-refractivity contribution in [1.29, 1.82) is 0 Å². The number of alkyl carbamates (subject to hydrolysis) is 1. The highest BCUT2D eigenvalue weighted by molar-refractivity contribution is 7.80. The van der Waals surface area contributed by atoms with E-state index in [0.29, 0.717) is 17.0 Å². The molecule has 0 aromatic heterocycles. The van der Waals surface area contributed by atoms with Gasteiger partial charge in [0.2, 0.25) is 5.91 Å². The quantitative estimate of drug-likeness (QED) is 0.429. The van der Waals surface area contributed by atoms with Crippen molar-refractivity contribution in [2.24, 2.45) is 0 Å². The Kier molecular flexibility index (Phi) is 8.89. The number of anilines is 1. The highest BCUT2D eigenvalue weighted by atomic mass is 32.1. The van der Waals surface area contributed by atoms with E-state index in [9.17, 15) is 14.4 Å². The van der Waals surface area contributed by atoms with Crippen LogP contribution in [0, 0.1) is 6.92 Å². The Morgan fingerprint density at radius 3 is 2.31 bits per heavy atom. The number of nitrogens with zero attached hydrogens (tertiary/aromatic N) is 1. The van der Waals surface area contributed by atoms with Gasteiger partial charge in [0, 0.05) is 17.5 Å². The SMILES string of the molecule is COc1ccc(NC(=O)C(c2cccc(C)c2)N(C(=O)C(CS)NC(=O)OC(C)(C)C)C2CC2)cc1. The van der Waals surface area contributed by atoms with E-state index >= 15 is 0 Å². The molecule has 1 fully saturated rings. The van der Waals surface area contributed by atoms with Gasteiger partial charge >= 0.3 is 6.09 Å². The first-order valence-corrected chi connectivity index (χ1v) is 12.6. The third-order valence-corrected chi connectivity index (χ3v) is 5.97. The second kappa shape index (κ2) is 11.7. The van der Waals surface area contributed by atoms with E-state index in [1.54, 1.807) is 57.0 Å². The summed E-state index contributed by atoms with van der Waals surface area (Å²) in [5.41, 5.74) is 1.53. The van der Waals surface area contributed by atoms with Crippen LogP contribution < -0.4 is 15.4 Å². The molecule has 8 nitrogen and oxygen atoms in total. The Labute approximate surface area is 218 Å². The molecule has 1 aliphatic rings. The summed E-state index contributed by atoms with van der Waals surface area (Å²) < 4.78 is 10.5. The zero-order valence-electron chi connectivity index (χ0n) is 21.4. The molecule has 36 heavy (non-hydrogen) atoms. The number of benzene rings is 2. The van der Waals surface area contributed by atoms with Crippen molar-refractivity contribution in [2.45, 2.75) is 64.3 Å². The Morgan fingerprint density at radius 1 is 1.11 bits per heavy atom. The zero-order valence-corrected chi connectivity index (χ0v) is 22.3. The van der Waals surface area contributed by atoms with Crippen LogP contribution in [0.4, 0.5) is 10.5 Å². The minimum absolute atomic E-state index is 0.0575. The Hall–Kier alpha value is -3.20. The molecule has 1 aliphatic carbocycles. The van der Waals surface area contributed by atoms with Crippen LogP contribution in [0.1, 0.15) is 50.8 Å². The smallest absolute Gasteiger partial charge is 0.408 e. The summed E-state index contributed by atoms with van der Waals surface area (Å²) in [7, 11) is 1.57. The van der Waals surface area contributed by atoms with Crippen molar-refractivity contribution >= 4 is 36.2 Å². The summed E-state index contributed by atoms with van der Waals surface area (Å²) in [6.45, 7) is 7.18. The molecule has 0 radical (unpaired) electrons. The molecule has 2 N–H and O–H groups in total. The predicted molar refractivity (Wildman–Crippen MR) is 142 cm³/mol. The van der Waals surface area contributed by atoms with Crippen LogP contribution in [0.5, 0.6) is 5.75 Å². The van der Waals surface area contributed by atoms with Gasteiger partial charge in [-0.15, -0.1) is 0 Å². The summed E-state index contributed by atoms with van der Waals surface area (Å²) in [5, 5.41) is 5.57. The fourth-order valence-corrected chi connectivity index (χ4v) is 4.10. The number of carbonyl (C=O) groups excluding carboxylic acids is 3. The van der Waals surface area contributed by atoms with Gasteiger partial charge in [-0.1, -0.05) is 29.8 Å². The van der Waals surface area contributed by atoms with E-state index in [2.05, 4.69) is 23.3 Å². The number of hydrogen-bond acceptors (Lipinski definition) is 6. The molecule has 1 saturated carbocycles. The minimum atomic E-state index is -0.954. The third kappa shape index (κ3) is 7.40. The number of rotatable bonds is 9. The third-order valence-electron chi connectivity index (χ3n) is 5.61. The summed E-state index contributed by atoms with van der Waals surface area (Å²) in [4.78, 5) is 41.5. The molecule has 0 saturated heterocycles. The van der Waals surface area contributed by atoms with Gasteiger partial charge in [0.25, 0.3) is 5.91 Å². The summed E-state index contributed by atoms with van der Waals surface area (Å²) >= 11 is 4.32. The monoisotopic (exact) mass is 513 g/mol. The van der Waals surface area contributed by atoms with E-state index in [0.717, 1.165) is 18.4 Å². The van der Waals surface area contributed by atoms with Crippen molar-refractivity contribution < 1.29 is 23.9 Å². The van der Waals surface area contributed by atoms with Gasteiger partial charge in [-0.05, 0) is 70.4 Å². The maximum absolute atomic E-state index is 13.8. The van der Waals surface area contributed by atoms with E-state index < -0.39 is 23.8 Å². The average molecular weight is 514 g/mol. The Balaban J connectivity index is 1.92. The number of hydrogen-bond donors (Lipinski definition) is 3. The van der Waals surface area contributed by atoms with Crippen molar-refractivity contribution in [3.63, 3.8) is 0 Å². The number of nitrogens with one attached hydrogen (secondary N) is 2. The summed E-state index contributed by atoms with van der Waals surface area (Å²) in [6, 6.07) is 12.6. The second-order valence-corrected chi connectivity index (χ2v) is 10.3. The lowest BCUT2D eigenvalue weighted by atomic mass is 10.0. The molecule has 0 spiro atoms. The van der Waals surface area contributed by atoms with Crippen molar-refractivity contribution in [1.82, 2.24) is 10.2 Å². The molecule has 3 amide bonds. The number of ether oxygens (including phenoxy) is 2. The number of thiol groups is 1. The topological polar surface area (TPSA) is 97.0 Å². The molecule has 0 bridgehead atoms. The molecule has 0 heterocycles. The van der Waals surface area contributed by atoms with E-state index in [1.165, 1.54) is 0 Å². The van der Waals surface area contributed by atoms with Crippen LogP contribution in [-0.4, -0.2) is 53.4 Å². The van der Waals surface area contributed by atoms with E-state index in [4.69, 9.17) is 9.47 Å². The number of amides is 3. The predicted octanol–water partition coefficient (Wildman–Crippen LogP) is 4.50. The van der Waals surface area contributed by atoms with Gasteiger partial charge in [0.1, 0.15) is 23.4 Å². The first-order valence-electron chi connectivity index (χ1n) is 12.0. The first kappa shape index (κ1) is 27.4. The first-order chi connectivity index (χ1) is 17.0. The summed E-state index contributed by atoms with van der Waals surface area (Å²) in [5.74, 6) is 0.000807. The van der Waals surface area contributed by atoms with Gasteiger partial charge < -0.3 is 25.0 Å². The molecule has 2 atom stereocenters. The molecule has 0 aliphatic heterocycles. The van der Waals surface area contributed by atoms with E-state index in [-0.39, 0.29) is 23.6 Å². The van der Waals surface area contributed by atoms with Gasteiger partial charge in [-0.25, -0.2) is 4.79 Å². The van der Waals surface area contributed by atoms with Crippen LogP contribution in [0.15, 0.2) is 48.5 Å². The lowest BCUT2D eigenvalue weighted by Gasteiger charge is -2.34. The lowest BCUT2D eigenvalue weighted by Crippen LogP contribution is -2.54. The second-order valence-electron chi connectivity index (χ2n) is 9.89. The molecule has 2 unspecified atom stereocenters. The fourth-order valence-electron chi connectivity index (χ4n) is 3.85. The van der Waals surface area contributed by atoms with Crippen molar-refractivity contribution in [3.05, 3.63) is 59.7 Å². The Morgan fingerprint density at radius 2 is 1.78 bits per heavy atom. The standard InChI is InChI=1S/C27H35N3O5S/c1-17-7-6-8-18(15-17)23(24(31)28-19-9-13-21(34-5)14-10-19)30(20-11-12-20)25(32)22(16-36)29-26(33)35-27(2,3)4/h6-10,13-15,20,22-23,36H,11-12,16H2,1-5H3,(H,28,31)(H,29,33). The molecular formula is C27H35N3O5S. The molecule has 194 valence electrons.